The third-order valence-corrected chi connectivity index (χ3v) is 2.90. The predicted octanol–water partition coefficient (Wildman–Crippen LogP) is 3.59. The number of rotatable bonds is 3. The van der Waals surface area contributed by atoms with Crippen LogP contribution in [0.3, 0.4) is 0 Å². The monoisotopic (exact) mass is 222 g/mol. The number of aromatic nitrogens is 1. The van der Waals surface area contributed by atoms with Crippen molar-refractivity contribution in [2.24, 2.45) is 0 Å². The molecule has 0 aliphatic heterocycles. The molecule has 1 aromatic carbocycles. The summed E-state index contributed by atoms with van der Waals surface area (Å²) in [6.45, 7) is 0. The van der Waals surface area contributed by atoms with Gasteiger partial charge in [0.25, 0.3) is 0 Å². The zero-order valence-corrected chi connectivity index (χ0v) is 9.05. The van der Waals surface area contributed by atoms with Crippen molar-refractivity contribution in [3.63, 3.8) is 0 Å². The van der Waals surface area contributed by atoms with Crippen LogP contribution in [0.25, 0.3) is 0 Å². The summed E-state index contributed by atoms with van der Waals surface area (Å²) in [7, 11) is 0. The van der Waals surface area contributed by atoms with Crippen LogP contribution in [-0.4, -0.2) is 4.98 Å². The molecule has 2 aromatic rings. The van der Waals surface area contributed by atoms with E-state index in [0.717, 1.165) is 16.5 Å². The van der Waals surface area contributed by atoms with Crippen molar-refractivity contribution in [2.45, 2.75) is 6.42 Å². The summed E-state index contributed by atoms with van der Waals surface area (Å²) >= 11 is 7.44. The van der Waals surface area contributed by atoms with Crippen LogP contribution in [-0.2, 0) is 6.42 Å². The summed E-state index contributed by atoms with van der Waals surface area (Å²) in [4.78, 5) is 4.19. The van der Waals surface area contributed by atoms with Gasteiger partial charge < -0.3 is 0 Å². The first kappa shape index (κ1) is 9.69. The average molecular weight is 223 g/mol. The lowest BCUT2D eigenvalue weighted by Crippen LogP contribution is -1.86. The fourth-order valence-electron chi connectivity index (χ4n) is 1.16. The first-order valence-electron chi connectivity index (χ1n) is 4.32. The predicted molar refractivity (Wildman–Crippen MR) is 60.7 cm³/mol. The minimum atomic E-state index is 0.781. The normalized spacial score (nSPS) is 10.4. The molecule has 71 valence electrons. The van der Waals surface area contributed by atoms with Gasteiger partial charge in [-0.2, -0.15) is 0 Å². The third kappa shape index (κ3) is 2.56. The molecule has 0 unspecified atom stereocenters. The molecule has 2 rings (SSSR count). The van der Waals surface area contributed by atoms with E-state index in [-0.39, 0.29) is 0 Å². The molecule has 0 amide bonds. The van der Waals surface area contributed by atoms with Crippen LogP contribution in [0.15, 0.2) is 35.8 Å². The van der Waals surface area contributed by atoms with Crippen molar-refractivity contribution in [3.05, 3.63) is 57.9 Å². The van der Waals surface area contributed by atoms with E-state index in [1.165, 1.54) is 5.56 Å². The van der Waals surface area contributed by atoms with Crippen LogP contribution < -0.4 is 0 Å². The SMILES string of the molecule is Clc1ccc(C[CH]c2nccs2)cc1. The zero-order valence-electron chi connectivity index (χ0n) is 7.48. The summed E-state index contributed by atoms with van der Waals surface area (Å²) < 4.78 is 0. The minimum Gasteiger partial charge on any atom is -0.249 e. The van der Waals surface area contributed by atoms with E-state index >= 15 is 0 Å². The summed E-state index contributed by atoms with van der Waals surface area (Å²) in [6, 6.07) is 7.89. The van der Waals surface area contributed by atoms with Crippen molar-refractivity contribution in [2.75, 3.05) is 0 Å². The highest BCUT2D eigenvalue weighted by Crippen LogP contribution is 2.14. The quantitative estimate of drug-likeness (QED) is 0.774. The molecule has 14 heavy (non-hydrogen) atoms. The molecule has 0 aliphatic carbocycles. The fourth-order valence-corrected chi connectivity index (χ4v) is 1.85. The zero-order chi connectivity index (χ0) is 9.80. The summed E-state index contributed by atoms with van der Waals surface area (Å²) in [5.74, 6) is 0. The topological polar surface area (TPSA) is 12.9 Å². The van der Waals surface area contributed by atoms with Gasteiger partial charge in [0.1, 0.15) is 0 Å². The molecule has 3 heteroatoms. The second kappa shape index (κ2) is 4.58. The lowest BCUT2D eigenvalue weighted by atomic mass is 10.1. The van der Waals surface area contributed by atoms with Gasteiger partial charge >= 0.3 is 0 Å². The molecule has 1 heterocycles. The van der Waals surface area contributed by atoms with Crippen molar-refractivity contribution in [3.8, 4) is 0 Å². The lowest BCUT2D eigenvalue weighted by Gasteiger charge is -1.98. The molecule has 0 spiro atoms. The minimum absolute atomic E-state index is 0.781. The lowest BCUT2D eigenvalue weighted by molar-refractivity contribution is 1.14. The molecule has 1 nitrogen and oxygen atoms in total. The molecule has 0 saturated heterocycles. The molecule has 1 radical (unpaired) electrons. The second-order valence-electron chi connectivity index (χ2n) is 2.91. The first-order valence-corrected chi connectivity index (χ1v) is 5.57. The molecule has 1 aromatic heterocycles. The highest BCUT2D eigenvalue weighted by molar-refractivity contribution is 7.09. The molecule has 0 fully saturated rings. The van der Waals surface area contributed by atoms with E-state index in [1.807, 2.05) is 35.8 Å². The van der Waals surface area contributed by atoms with Gasteiger partial charge in [-0.1, -0.05) is 23.7 Å². The molecule has 0 bridgehead atoms. The van der Waals surface area contributed by atoms with Gasteiger partial charge in [0.15, 0.2) is 0 Å². The smallest absolute Gasteiger partial charge is 0.0966 e. The van der Waals surface area contributed by atoms with E-state index < -0.39 is 0 Å². The van der Waals surface area contributed by atoms with Crippen LogP contribution in [0.2, 0.25) is 5.02 Å². The van der Waals surface area contributed by atoms with E-state index in [0.29, 0.717) is 0 Å². The maximum atomic E-state index is 5.79. The number of thiazole rings is 1. The third-order valence-electron chi connectivity index (χ3n) is 1.88. The maximum Gasteiger partial charge on any atom is 0.0966 e. The second-order valence-corrected chi connectivity index (χ2v) is 4.27. The molecule has 0 aliphatic rings. The number of halogens is 1. The standard InChI is InChI=1S/C11H9ClNS/c12-10-4-1-9(2-5-10)3-6-11-13-7-8-14-11/h1-2,4-8H,3H2. The Morgan fingerprint density at radius 1 is 1.29 bits per heavy atom. The van der Waals surface area contributed by atoms with Crippen LogP contribution in [0.1, 0.15) is 10.6 Å². The Hall–Kier alpha value is -0.860. The molecule has 0 saturated carbocycles. The molecular formula is C11H9ClNS. The number of benzene rings is 1. The summed E-state index contributed by atoms with van der Waals surface area (Å²) in [5, 5.41) is 3.83. The average Bonchev–Trinajstić information content (AvgIpc) is 2.70. The van der Waals surface area contributed by atoms with Crippen molar-refractivity contribution >= 4 is 22.9 Å². The Balaban J connectivity index is 1.95. The van der Waals surface area contributed by atoms with E-state index in [4.69, 9.17) is 11.6 Å². The summed E-state index contributed by atoms with van der Waals surface area (Å²) in [5.41, 5.74) is 1.25. The van der Waals surface area contributed by atoms with Gasteiger partial charge in [-0.3, -0.25) is 0 Å². The largest absolute Gasteiger partial charge is 0.249 e. The number of nitrogens with zero attached hydrogens (tertiary/aromatic N) is 1. The van der Waals surface area contributed by atoms with Gasteiger partial charge in [-0.05, 0) is 24.1 Å². The van der Waals surface area contributed by atoms with Crippen molar-refractivity contribution in [1.29, 1.82) is 0 Å². The molecule has 0 atom stereocenters. The fraction of sp³-hybridized carbons (Fsp3) is 0.0909. The van der Waals surface area contributed by atoms with Gasteiger partial charge in [0.05, 0.1) is 5.01 Å². The van der Waals surface area contributed by atoms with Crippen LogP contribution in [0.4, 0.5) is 0 Å². The van der Waals surface area contributed by atoms with Gasteiger partial charge in [-0.15, -0.1) is 11.3 Å². The highest BCUT2D eigenvalue weighted by atomic mass is 35.5. The van der Waals surface area contributed by atoms with Crippen molar-refractivity contribution < 1.29 is 0 Å². The van der Waals surface area contributed by atoms with E-state index in [1.54, 1.807) is 11.3 Å². The van der Waals surface area contributed by atoms with Crippen LogP contribution in [0.5, 0.6) is 0 Å². The molecule has 0 N–H and O–H groups in total. The van der Waals surface area contributed by atoms with Crippen LogP contribution in [0, 0.1) is 6.42 Å². The number of hydrogen-bond acceptors (Lipinski definition) is 2. The highest BCUT2D eigenvalue weighted by Gasteiger charge is 1.97. The van der Waals surface area contributed by atoms with Gasteiger partial charge in [0, 0.05) is 23.0 Å². The van der Waals surface area contributed by atoms with Crippen LogP contribution >= 0.6 is 22.9 Å². The Kier molecular flexibility index (Phi) is 3.17. The van der Waals surface area contributed by atoms with E-state index in [2.05, 4.69) is 11.4 Å². The Morgan fingerprint density at radius 3 is 2.71 bits per heavy atom. The Morgan fingerprint density at radius 2 is 2.07 bits per heavy atom. The number of hydrogen-bond donors (Lipinski definition) is 0. The first-order chi connectivity index (χ1) is 6.84. The Labute approximate surface area is 92.4 Å². The molecular weight excluding hydrogens is 214 g/mol. The summed E-state index contributed by atoms with van der Waals surface area (Å²) in [6.07, 6.45) is 4.84. The Bertz CT molecular complexity index is 380. The maximum absolute atomic E-state index is 5.79. The van der Waals surface area contributed by atoms with Crippen molar-refractivity contribution in [1.82, 2.24) is 4.98 Å². The van der Waals surface area contributed by atoms with E-state index in [9.17, 15) is 0 Å². The van der Waals surface area contributed by atoms with Gasteiger partial charge in [-0.25, -0.2) is 4.98 Å². The van der Waals surface area contributed by atoms with Gasteiger partial charge in [0.2, 0.25) is 0 Å².